The summed E-state index contributed by atoms with van der Waals surface area (Å²) in [6, 6.07) is 5.22. The molecule has 6 nitrogen and oxygen atoms in total. The predicted molar refractivity (Wildman–Crippen MR) is 78.5 cm³/mol. The predicted octanol–water partition coefficient (Wildman–Crippen LogP) is 2.03. The number of carbonyl (C=O) groups is 2. The van der Waals surface area contributed by atoms with Gasteiger partial charge in [-0.15, -0.1) is 13.2 Å². The van der Waals surface area contributed by atoms with Gasteiger partial charge in [-0.05, 0) is 25.1 Å². The number of carbonyl (C=O) groups excluding carboxylic acids is 2. The number of nitrogens with zero attached hydrogens (tertiary/aromatic N) is 1. The fraction of sp³-hybridized carbons (Fsp3) is 0.333. The van der Waals surface area contributed by atoms with Gasteiger partial charge in [0.15, 0.2) is 0 Å². The molecule has 1 aliphatic rings. The average Bonchev–Trinajstić information content (AvgIpc) is 2.89. The molecule has 1 atom stereocenters. The van der Waals surface area contributed by atoms with Gasteiger partial charge in [-0.2, -0.15) is 0 Å². The van der Waals surface area contributed by atoms with Gasteiger partial charge < -0.3 is 19.9 Å². The van der Waals surface area contributed by atoms with Crippen molar-refractivity contribution in [3.8, 4) is 5.75 Å². The van der Waals surface area contributed by atoms with E-state index in [0.717, 1.165) is 0 Å². The number of ether oxygens (including phenoxy) is 1. The topological polar surface area (TPSA) is 74.4 Å². The van der Waals surface area contributed by atoms with E-state index in [2.05, 4.69) is 15.0 Å². The van der Waals surface area contributed by atoms with Gasteiger partial charge in [0, 0.05) is 23.5 Å². The van der Waals surface area contributed by atoms with Crippen LogP contribution in [0, 0.1) is 0 Å². The molecule has 0 radical (unpaired) electrons. The minimum Gasteiger partial charge on any atom is -0.405 e. The molecule has 2 amide bonds. The van der Waals surface area contributed by atoms with E-state index in [9.17, 15) is 22.8 Å². The van der Waals surface area contributed by atoms with E-state index >= 15 is 0 Å². The Hall–Kier alpha value is -2.71. The number of aromatic amines is 1. The number of rotatable bonds is 2. The van der Waals surface area contributed by atoms with E-state index in [4.69, 9.17) is 0 Å². The van der Waals surface area contributed by atoms with Crippen LogP contribution < -0.4 is 10.1 Å². The smallest absolute Gasteiger partial charge is 0.405 e. The zero-order chi connectivity index (χ0) is 17.5. The maximum absolute atomic E-state index is 12.5. The number of nitrogens with one attached hydrogen (secondary N) is 2. The molecule has 0 bridgehead atoms. The zero-order valence-corrected chi connectivity index (χ0v) is 12.6. The molecule has 3 rings (SSSR count). The molecule has 1 aromatic carbocycles. The summed E-state index contributed by atoms with van der Waals surface area (Å²) in [4.78, 5) is 28.2. The second kappa shape index (κ2) is 5.73. The number of halogens is 3. The molecule has 24 heavy (non-hydrogen) atoms. The second-order valence-electron chi connectivity index (χ2n) is 5.60. The summed E-state index contributed by atoms with van der Waals surface area (Å²) in [5, 5.41) is 2.83. The summed E-state index contributed by atoms with van der Waals surface area (Å²) in [5.74, 6) is -1.12. The van der Waals surface area contributed by atoms with Crippen LogP contribution in [-0.4, -0.2) is 47.2 Å². The van der Waals surface area contributed by atoms with Gasteiger partial charge in [0.1, 0.15) is 11.4 Å². The molecular weight excluding hydrogens is 327 g/mol. The summed E-state index contributed by atoms with van der Waals surface area (Å²) < 4.78 is 41.4. The number of alkyl halides is 3. The Labute approximate surface area is 134 Å². The molecule has 9 heteroatoms. The first kappa shape index (κ1) is 16.2. The lowest BCUT2D eigenvalue weighted by atomic mass is 10.2. The fourth-order valence-corrected chi connectivity index (χ4v) is 2.72. The summed E-state index contributed by atoms with van der Waals surface area (Å²) in [6.45, 7) is 1.99. The highest BCUT2D eigenvalue weighted by atomic mass is 19.4. The fourth-order valence-electron chi connectivity index (χ4n) is 2.72. The molecule has 1 aromatic heterocycles. The van der Waals surface area contributed by atoms with Crippen molar-refractivity contribution in [3.05, 3.63) is 30.0 Å². The van der Waals surface area contributed by atoms with Gasteiger partial charge in [-0.25, -0.2) is 0 Å². The first-order chi connectivity index (χ1) is 11.2. The van der Waals surface area contributed by atoms with Crippen molar-refractivity contribution in [2.45, 2.75) is 19.3 Å². The van der Waals surface area contributed by atoms with Crippen molar-refractivity contribution in [1.82, 2.24) is 15.2 Å². The Morgan fingerprint density at radius 3 is 2.79 bits per heavy atom. The van der Waals surface area contributed by atoms with Crippen LogP contribution >= 0.6 is 0 Å². The van der Waals surface area contributed by atoms with Crippen molar-refractivity contribution in [3.63, 3.8) is 0 Å². The molecule has 0 aliphatic carbocycles. The van der Waals surface area contributed by atoms with Crippen molar-refractivity contribution >= 4 is 22.7 Å². The maximum Gasteiger partial charge on any atom is 0.573 e. The van der Waals surface area contributed by atoms with Gasteiger partial charge in [-0.1, -0.05) is 6.07 Å². The van der Waals surface area contributed by atoms with Crippen LogP contribution in [0.15, 0.2) is 24.3 Å². The van der Waals surface area contributed by atoms with Crippen LogP contribution in [-0.2, 0) is 4.79 Å². The molecule has 0 saturated carbocycles. The first-order valence-electron chi connectivity index (χ1n) is 7.19. The highest BCUT2D eigenvalue weighted by Gasteiger charge is 2.32. The van der Waals surface area contributed by atoms with Crippen LogP contribution in [0.2, 0.25) is 0 Å². The summed E-state index contributed by atoms with van der Waals surface area (Å²) >= 11 is 0. The van der Waals surface area contributed by atoms with Crippen LogP contribution in [0.4, 0.5) is 13.2 Å². The molecule has 0 spiro atoms. The van der Waals surface area contributed by atoms with E-state index in [-0.39, 0.29) is 35.3 Å². The van der Waals surface area contributed by atoms with Crippen molar-refractivity contribution < 1.29 is 27.5 Å². The Morgan fingerprint density at radius 1 is 1.38 bits per heavy atom. The number of benzene rings is 1. The van der Waals surface area contributed by atoms with Crippen molar-refractivity contribution in [2.75, 3.05) is 13.1 Å². The molecule has 1 aliphatic heterocycles. The Balaban J connectivity index is 1.92. The van der Waals surface area contributed by atoms with Gasteiger partial charge in [-0.3, -0.25) is 9.59 Å². The number of H-pyrrole nitrogens is 1. The zero-order valence-electron chi connectivity index (χ0n) is 12.6. The number of hydrogen-bond acceptors (Lipinski definition) is 3. The van der Waals surface area contributed by atoms with Crippen LogP contribution in [0.5, 0.6) is 5.75 Å². The standard InChI is InChI=1S/C15H14F3N3O3/c1-8-6-21(7-13(22)19-8)14(23)11-5-9-10(20-11)3-2-4-12(9)24-15(16,17)18/h2-5,8,20H,6-7H2,1H3,(H,19,22). The quantitative estimate of drug-likeness (QED) is 0.878. The number of hydrogen-bond donors (Lipinski definition) is 2. The Kier molecular flexibility index (Phi) is 3.86. The minimum atomic E-state index is -4.82. The molecule has 128 valence electrons. The summed E-state index contributed by atoms with van der Waals surface area (Å²) in [6.07, 6.45) is -4.82. The maximum atomic E-state index is 12.5. The molecule has 2 N–H and O–H groups in total. The highest BCUT2D eigenvalue weighted by Crippen LogP contribution is 2.31. The first-order valence-corrected chi connectivity index (χ1v) is 7.19. The van der Waals surface area contributed by atoms with Gasteiger partial charge in [0.25, 0.3) is 5.91 Å². The van der Waals surface area contributed by atoms with Crippen molar-refractivity contribution in [2.24, 2.45) is 0 Å². The van der Waals surface area contributed by atoms with E-state index in [1.165, 1.54) is 23.1 Å². The van der Waals surface area contributed by atoms with Gasteiger partial charge in [0.2, 0.25) is 5.91 Å². The summed E-state index contributed by atoms with van der Waals surface area (Å²) in [7, 11) is 0. The third-order valence-electron chi connectivity index (χ3n) is 3.60. The van der Waals surface area contributed by atoms with E-state index in [0.29, 0.717) is 12.1 Å². The molecular formula is C15H14F3N3O3. The third-order valence-corrected chi connectivity index (χ3v) is 3.60. The monoisotopic (exact) mass is 341 g/mol. The van der Waals surface area contributed by atoms with Gasteiger partial charge in [0.05, 0.1) is 6.54 Å². The van der Waals surface area contributed by atoms with E-state index in [1.807, 2.05) is 0 Å². The molecule has 2 aromatic rings. The van der Waals surface area contributed by atoms with Crippen LogP contribution in [0.1, 0.15) is 17.4 Å². The molecule has 1 fully saturated rings. The lowest BCUT2D eigenvalue weighted by Gasteiger charge is -2.30. The summed E-state index contributed by atoms with van der Waals surface area (Å²) in [5.41, 5.74) is 0.444. The number of aromatic nitrogens is 1. The second-order valence-corrected chi connectivity index (χ2v) is 5.60. The van der Waals surface area contributed by atoms with Crippen molar-refractivity contribution in [1.29, 1.82) is 0 Å². The highest BCUT2D eigenvalue weighted by molar-refractivity contribution is 6.01. The normalized spacial score (nSPS) is 18.6. The van der Waals surface area contributed by atoms with Gasteiger partial charge >= 0.3 is 6.36 Å². The van der Waals surface area contributed by atoms with Crippen LogP contribution in [0.3, 0.4) is 0 Å². The van der Waals surface area contributed by atoms with Crippen LogP contribution in [0.25, 0.3) is 10.9 Å². The largest absolute Gasteiger partial charge is 0.573 e. The Bertz CT molecular complexity index is 800. The number of fused-ring (bicyclic) bond motifs is 1. The molecule has 1 saturated heterocycles. The Morgan fingerprint density at radius 2 is 2.12 bits per heavy atom. The molecule has 2 heterocycles. The third kappa shape index (κ3) is 3.29. The average molecular weight is 341 g/mol. The minimum absolute atomic E-state index is 0.0928. The molecule has 1 unspecified atom stereocenters. The van der Waals surface area contributed by atoms with E-state index < -0.39 is 12.3 Å². The van der Waals surface area contributed by atoms with E-state index in [1.54, 1.807) is 13.0 Å². The number of amides is 2. The number of piperazine rings is 1. The lowest BCUT2D eigenvalue weighted by molar-refractivity contribution is -0.274. The SMILES string of the molecule is CC1CN(C(=O)c2cc3c(OC(F)(F)F)cccc3[nH]2)CC(=O)N1. The lowest BCUT2D eigenvalue weighted by Crippen LogP contribution is -2.54.